The van der Waals surface area contributed by atoms with Gasteiger partial charge in [-0.25, -0.2) is 0 Å². The molecule has 0 atom stereocenters. The Labute approximate surface area is 346 Å². The van der Waals surface area contributed by atoms with Crippen LogP contribution in [-0.4, -0.2) is 33.9 Å². The van der Waals surface area contributed by atoms with Crippen LogP contribution in [0.15, 0.2) is 24.3 Å². The fraction of sp³-hybridized carbons (Fsp3) is 0.711. The second-order valence-electron chi connectivity index (χ2n) is 19.5. The van der Waals surface area contributed by atoms with Gasteiger partial charge >= 0.3 is 26.2 Å². The van der Waals surface area contributed by atoms with Gasteiger partial charge in [0.15, 0.2) is 0 Å². The Bertz CT molecular complexity index is 1250. The average Bonchev–Trinajstić information content (AvgIpc) is 2.86. The molecule has 0 aliphatic rings. The minimum atomic E-state index is -0.417. The van der Waals surface area contributed by atoms with Gasteiger partial charge in [0.05, 0.1) is 6.07 Å². The Hall–Kier alpha value is -1.75. The number of rotatable bonds is 4. The van der Waals surface area contributed by atoms with Crippen molar-refractivity contribution in [2.24, 2.45) is 0 Å². The number of aliphatic hydroxyl groups excluding tert-OH is 1. The summed E-state index contributed by atoms with van der Waals surface area (Å²) >= 11 is 0. The van der Waals surface area contributed by atoms with Gasteiger partial charge in [0, 0.05) is 31.7 Å². The molecule has 7 nitrogen and oxygen atoms in total. The molecule has 0 heterocycles. The molecule has 0 aromatic heterocycles. The van der Waals surface area contributed by atoms with Crippen LogP contribution in [0.2, 0.25) is 0 Å². The van der Waals surface area contributed by atoms with Crippen LogP contribution in [0.3, 0.4) is 0 Å². The van der Waals surface area contributed by atoms with E-state index < -0.39 is 12.2 Å². The maximum Gasteiger partial charge on any atom is 4.00 e. The zero-order valence-electron chi connectivity index (χ0n) is 37.9. The van der Waals surface area contributed by atoms with Gasteiger partial charge in [-0.3, -0.25) is 4.90 Å². The summed E-state index contributed by atoms with van der Waals surface area (Å²) in [7, 11) is 0. The zero-order valence-corrected chi connectivity index (χ0v) is 40.4. The molecule has 0 aliphatic heterocycles. The second kappa shape index (κ2) is 24.0. The third-order valence-corrected chi connectivity index (χ3v) is 7.35. The van der Waals surface area contributed by atoms with Gasteiger partial charge in [-0.15, -0.1) is 23.7 Å². The first-order valence-electron chi connectivity index (χ1n) is 18.7. The van der Waals surface area contributed by atoms with Crippen LogP contribution in [-0.2, 0) is 61.0 Å². The van der Waals surface area contributed by atoms with E-state index in [1.807, 2.05) is 0 Å². The van der Waals surface area contributed by atoms with Crippen molar-refractivity contribution in [2.45, 2.75) is 211 Å². The molecule has 0 saturated heterocycles. The summed E-state index contributed by atoms with van der Waals surface area (Å²) in [5.74, 6) is 0.242. The predicted molar refractivity (Wildman–Crippen MR) is 214 cm³/mol. The average molecular weight is 818 g/mol. The van der Waals surface area contributed by atoms with Crippen LogP contribution in [0.4, 0.5) is 0 Å². The van der Waals surface area contributed by atoms with Crippen molar-refractivity contribution in [3.05, 3.63) is 57.6 Å². The SMILES string of the molecule is CC#N.CC(C)(C)c1cc(CN(Cc2cc(C(C)(C)C)cc(C(C)(C)C)c2[O-])C(C)(C)C)c([O-])c(C(C)(C)C)c1.CC(C)O.CC(C)[O-].CC(C)[O-].[Zr+4]. The molecule has 2 aromatic carbocycles. The van der Waals surface area contributed by atoms with Crippen molar-refractivity contribution < 1.29 is 51.7 Å². The number of nitriles is 1. The van der Waals surface area contributed by atoms with E-state index in [9.17, 15) is 20.4 Å². The van der Waals surface area contributed by atoms with Gasteiger partial charge in [0.2, 0.25) is 0 Å². The van der Waals surface area contributed by atoms with E-state index in [2.05, 4.69) is 133 Å². The fourth-order valence-corrected chi connectivity index (χ4v) is 4.53. The molecule has 2 rings (SSSR count). The van der Waals surface area contributed by atoms with Gasteiger partial charge in [-0.2, -0.15) is 5.26 Å². The molecule has 53 heavy (non-hydrogen) atoms. The fourth-order valence-electron chi connectivity index (χ4n) is 4.53. The quantitative estimate of drug-likeness (QED) is 0.328. The molecule has 0 bridgehead atoms. The Kier molecular flexibility index (Phi) is 26.3. The summed E-state index contributed by atoms with van der Waals surface area (Å²) in [6, 6.07) is 10.2. The monoisotopic (exact) mass is 816 g/mol. The van der Waals surface area contributed by atoms with Crippen molar-refractivity contribution in [1.29, 1.82) is 5.26 Å². The molecule has 0 amide bonds. The van der Waals surface area contributed by atoms with Crippen molar-refractivity contribution >= 4 is 0 Å². The molecular formula is C45H78N2O5Zr. The van der Waals surface area contributed by atoms with Crippen molar-refractivity contribution in [2.75, 3.05) is 0 Å². The number of benzene rings is 2. The van der Waals surface area contributed by atoms with E-state index in [0.29, 0.717) is 13.1 Å². The predicted octanol–water partition coefficient (Wildman–Crippen LogP) is 8.25. The van der Waals surface area contributed by atoms with Crippen LogP contribution >= 0.6 is 0 Å². The third kappa shape index (κ3) is 25.1. The van der Waals surface area contributed by atoms with E-state index in [4.69, 9.17) is 10.4 Å². The van der Waals surface area contributed by atoms with Crippen LogP contribution < -0.4 is 20.4 Å². The first kappa shape index (κ1) is 58.0. The molecule has 0 saturated carbocycles. The zero-order chi connectivity index (χ0) is 42.4. The maximum absolute atomic E-state index is 13.8. The smallest absolute Gasteiger partial charge is 0.872 e. The van der Waals surface area contributed by atoms with Crippen LogP contribution in [0.1, 0.15) is 186 Å². The van der Waals surface area contributed by atoms with Gasteiger partial charge in [-0.05, 0) is 89.7 Å². The van der Waals surface area contributed by atoms with Gasteiger partial charge in [0.25, 0.3) is 0 Å². The van der Waals surface area contributed by atoms with Crippen LogP contribution in [0.5, 0.6) is 11.5 Å². The molecule has 302 valence electrons. The number of hydrogen-bond donors (Lipinski definition) is 1. The second-order valence-corrected chi connectivity index (χ2v) is 19.5. The molecule has 0 unspecified atom stereocenters. The van der Waals surface area contributed by atoms with E-state index in [1.165, 1.54) is 18.1 Å². The molecule has 0 aliphatic carbocycles. The topological polar surface area (TPSA) is 140 Å². The minimum Gasteiger partial charge on any atom is -0.872 e. The van der Waals surface area contributed by atoms with Crippen molar-refractivity contribution in [3.8, 4) is 17.6 Å². The van der Waals surface area contributed by atoms with E-state index in [-0.39, 0.29) is 71.0 Å². The summed E-state index contributed by atoms with van der Waals surface area (Å²) in [6.07, 6.45) is -1.00. The number of hydrogen-bond acceptors (Lipinski definition) is 7. The van der Waals surface area contributed by atoms with Crippen LogP contribution in [0, 0.1) is 11.3 Å². The largest absolute Gasteiger partial charge is 4.00 e. The van der Waals surface area contributed by atoms with Crippen molar-refractivity contribution in [3.63, 3.8) is 0 Å². The third-order valence-electron chi connectivity index (χ3n) is 7.35. The summed E-state index contributed by atoms with van der Waals surface area (Å²) in [5, 5.41) is 61.9. The molecule has 1 N–H and O–H groups in total. The molecule has 0 spiro atoms. The molecule has 8 heteroatoms. The molecular weight excluding hydrogens is 740 g/mol. The van der Waals surface area contributed by atoms with E-state index in [1.54, 1.807) is 47.6 Å². The molecule has 2 aromatic rings. The summed E-state index contributed by atoms with van der Waals surface area (Å²) in [5.41, 5.74) is 4.82. The molecule has 0 radical (unpaired) electrons. The standard InChI is InChI=1S/C34H55NO2.C3H8O.2C3H7O.C2H3N.Zr/c1-30(2,3)24-16-22(28(36)26(18-24)32(7,8)9)20-35(34(13,14)15)21-23-17-25(31(4,5)6)19-27(29(23)37)33(10,11)12;3*1-3(2)4;1-2-3;/h16-19,36-37H,20-21H2,1-15H3;3-4H,1-2H3;2*3H,1-2H3;1H3;/q;;2*-1;;+4/p-2. The normalized spacial score (nSPS) is 11.9. The Morgan fingerprint density at radius 1 is 0.585 bits per heavy atom. The first-order chi connectivity index (χ1) is 22.9. The Morgan fingerprint density at radius 3 is 0.943 bits per heavy atom. The van der Waals surface area contributed by atoms with Crippen LogP contribution in [0.25, 0.3) is 0 Å². The maximum atomic E-state index is 13.8. The van der Waals surface area contributed by atoms with E-state index >= 15 is 0 Å². The summed E-state index contributed by atoms with van der Waals surface area (Å²) in [6.45, 7) is 44.6. The van der Waals surface area contributed by atoms with E-state index in [0.717, 1.165) is 22.3 Å². The van der Waals surface area contributed by atoms with Gasteiger partial charge in [0.1, 0.15) is 0 Å². The Morgan fingerprint density at radius 2 is 0.792 bits per heavy atom. The summed E-state index contributed by atoms with van der Waals surface area (Å²) < 4.78 is 0. The Balaban J connectivity index is -0.000000637. The summed E-state index contributed by atoms with van der Waals surface area (Å²) in [4.78, 5) is 2.29. The number of nitrogens with zero attached hydrogens (tertiary/aromatic N) is 2. The molecule has 0 fully saturated rings. The van der Waals surface area contributed by atoms with Gasteiger partial charge in [-0.1, -0.05) is 135 Å². The number of aliphatic hydroxyl groups is 1. The first-order valence-corrected chi connectivity index (χ1v) is 18.7. The van der Waals surface area contributed by atoms with Crippen molar-refractivity contribution in [1.82, 2.24) is 4.90 Å². The minimum absolute atomic E-state index is 0. The van der Waals surface area contributed by atoms with Gasteiger partial charge < -0.3 is 25.5 Å².